The molecule has 1 aliphatic heterocycles. The first-order valence-electron chi connectivity index (χ1n) is 7.21. The average molecular weight is 291 g/mol. The van der Waals surface area contributed by atoms with E-state index in [9.17, 15) is 8.42 Å². The fraction of sp³-hybridized carbons (Fsp3) is 1.00. The van der Waals surface area contributed by atoms with Crippen molar-refractivity contribution in [1.29, 1.82) is 0 Å². The highest BCUT2D eigenvalue weighted by atomic mass is 32.2. The monoisotopic (exact) mass is 291 g/mol. The Kier molecular flexibility index (Phi) is 6.23. The summed E-state index contributed by atoms with van der Waals surface area (Å²) in [6, 6.07) is -0.116. The Morgan fingerprint density at radius 1 is 1.26 bits per heavy atom. The van der Waals surface area contributed by atoms with Crippen LogP contribution in [0.2, 0.25) is 0 Å². The van der Waals surface area contributed by atoms with Gasteiger partial charge in [0.1, 0.15) is 0 Å². The number of hydrogen-bond donors (Lipinski definition) is 2. The van der Waals surface area contributed by atoms with Crippen LogP contribution in [0.4, 0.5) is 0 Å². The number of hydrogen-bond acceptors (Lipinski definition) is 3. The van der Waals surface area contributed by atoms with E-state index in [-0.39, 0.29) is 6.04 Å². The molecule has 1 fully saturated rings. The quantitative estimate of drug-likeness (QED) is 0.771. The van der Waals surface area contributed by atoms with Crippen molar-refractivity contribution in [2.75, 3.05) is 19.6 Å². The summed E-state index contributed by atoms with van der Waals surface area (Å²) < 4.78 is 28.7. The van der Waals surface area contributed by atoms with E-state index in [1.54, 1.807) is 4.31 Å². The smallest absolute Gasteiger partial charge is 0.279 e. The van der Waals surface area contributed by atoms with Crippen LogP contribution < -0.4 is 10.5 Å². The molecule has 6 heteroatoms. The third-order valence-corrected chi connectivity index (χ3v) is 4.99. The number of nitrogens with two attached hydrogens (primary N) is 1. The predicted octanol–water partition coefficient (Wildman–Crippen LogP) is 1.17. The van der Waals surface area contributed by atoms with Crippen molar-refractivity contribution in [2.24, 2.45) is 23.5 Å². The fourth-order valence-electron chi connectivity index (χ4n) is 2.79. The average Bonchev–Trinajstić information content (AvgIpc) is 2.24. The van der Waals surface area contributed by atoms with Gasteiger partial charge in [-0.05, 0) is 30.6 Å². The van der Waals surface area contributed by atoms with E-state index in [0.29, 0.717) is 37.4 Å². The molecule has 0 radical (unpaired) electrons. The van der Waals surface area contributed by atoms with Gasteiger partial charge >= 0.3 is 0 Å². The molecule has 3 N–H and O–H groups in total. The second kappa shape index (κ2) is 7.02. The zero-order chi connectivity index (χ0) is 14.6. The van der Waals surface area contributed by atoms with Crippen LogP contribution in [0, 0.1) is 17.8 Å². The van der Waals surface area contributed by atoms with Crippen molar-refractivity contribution in [3.05, 3.63) is 0 Å². The molecule has 3 atom stereocenters. The van der Waals surface area contributed by atoms with Gasteiger partial charge in [-0.1, -0.05) is 27.7 Å². The van der Waals surface area contributed by atoms with Crippen LogP contribution >= 0.6 is 0 Å². The van der Waals surface area contributed by atoms with Crippen LogP contribution in [0.3, 0.4) is 0 Å². The Morgan fingerprint density at radius 3 is 2.26 bits per heavy atom. The summed E-state index contributed by atoms with van der Waals surface area (Å²) in [6.45, 7) is 9.91. The fourth-order valence-corrected chi connectivity index (χ4v) is 4.30. The third-order valence-electron chi connectivity index (χ3n) is 3.48. The summed E-state index contributed by atoms with van der Waals surface area (Å²) in [5, 5.41) is 0. The Bertz CT molecular complexity index is 360. The van der Waals surface area contributed by atoms with Crippen LogP contribution in [-0.4, -0.2) is 38.4 Å². The molecule has 0 aromatic carbocycles. The Hall–Kier alpha value is -0.170. The van der Waals surface area contributed by atoms with Gasteiger partial charge in [0.25, 0.3) is 10.2 Å². The summed E-state index contributed by atoms with van der Waals surface area (Å²) in [5.41, 5.74) is 5.92. The number of piperidine rings is 1. The first-order valence-corrected chi connectivity index (χ1v) is 8.65. The Morgan fingerprint density at radius 2 is 1.79 bits per heavy atom. The molecular formula is C13H29N3O2S. The summed E-state index contributed by atoms with van der Waals surface area (Å²) >= 11 is 0. The van der Waals surface area contributed by atoms with Gasteiger partial charge in [0.05, 0.1) is 0 Å². The highest BCUT2D eigenvalue weighted by Crippen LogP contribution is 2.22. The van der Waals surface area contributed by atoms with E-state index < -0.39 is 10.2 Å². The molecule has 19 heavy (non-hydrogen) atoms. The lowest BCUT2D eigenvalue weighted by molar-refractivity contribution is 0.220. The van der Waals surface area contributed by atoms with Gasteiger partial charge in [-0.3, -0.25) is 0 Å². The molecule has 1 saturated heterocycles. The molecule has 114 valence electrons. The Labute approximate surface area is 118 Å². The zero-order valence-electron chi connectivity index (χ0n) is 12.6. The van der Waals surface area contributed by atoms with Crippen molar-refractivity contribution < 1.29 is 8.42 Å². The molecule has 1 heterocycles. The highest BCUT2D eigenvalue weighted by molar-refractivity contribution is 7.87. The number of nitrogens with zero attached hydrogens (tertiary/aromatic N) is 1. The van der Waals surface area contributed by atoms with Crippen molar-refractivity contribution in [1.82, 2.24) is 9.03 Å². The SMILES string of the molecule is CC(C)CC(N)CNS(=O)(=O)N1CC(C)CC(C)C1. The van der Waals surface area contributed by atoms with Crippen molar-refractivity contribution in [3.63, 3.8) is 0 Å². The molecule has 0 aromatic rings. The summed E-state index contributed by atoms with van der Waals surface area (Å²) in [4.78, 5) is 0. The van der Waals surface area contributed by atoms with E-state index in [0.717, 1.165) is 12.8 Å². The van der Waals surface area contributed by atoms with Crippen LogP contribution in [0.1, 0.15) is 40.5 Å². The van der Waals surface area contributed by atoms with Crippen LogP contribution in [0.5, 0.6) is 0 Å². The minimum atomic E-state index is -3.38. The lowest BCUT2D eigenvalue weighted by Crippen LogP contribution is -2.50. The van der Waals surface area contributed by atoms with Crippen molar-refractivity contribution in [3.8, 4) is 0 Å². The third kappa shape index (κ3) is 5.77. The normalized spacial score (nSPS) is 27.7. The van der Waals surface area contributed by atoms with Crippen LogP contribution in [0.25, 0.3) is 0 Å². The van der Waals surface area contributed by atoms with E-state index in [1.807, 2.05) is 0 Å². The second-order valence-electron chi connectivity index (χ2n) is 6.51. The van der Waals surface area contributed by atoms with Crippen molar-refractivity contribution in [2.45, 2.75) is 46.6 Å². The Balaban J connectivity index is 2.51. The maximum atomic E-state index is 12.2. The largest absolute Gasteiger partial charge is 0.327 e. The minimum Gasteiger partial charge on any atom is -0.327 e. The number of nitrogens with one attached hydrogen (secondary N) is 1. The summed E-state index contributed by atoms with van der Waals surface area (Å²) in [5.74, 6) is 1.32. The van der Waals surface area contributed by atoms with E-state index in [1.165, 1.54) is 0 Å². The second-order valence-corrected chi connectivity index (χ2v) is 8.26. The van der Waals surface area contributed by atoms with Gasteiger partial charge in [0, 0.05) is 25.7 Å². The number of rotatable bonds is 6. The molecular weight excluding hydrogens is 262 g/mol. The van der Waals surface area contributed by atoms with Crippen LogP contribution in [0.15, 0.2) is 0 Å². The predicted molar refractivity (Wildman–Crippen MR) is 78.9 cm³/mol. The molecule has 0 spiro atoms. The standard InChI is InChI=1S/C13H29N3O2S/c1-10(2)5-13(14)7-15-19(17,18)16-8-11(3)6-12(4)9-16/h10-13,15H,5-9,14H2,1-4H3. The molecule has 0 aliphatic carbocycles. The minimum absolute atomic E-state index is 0.116. The van der Waals surface area contributed by atoms with Gasteiger partial charge in [-0.2, -0.15) is 12.7 Å². The van der Waals surface area contributed by atoms with Gasteiger partial charge in [0.2, 0.25) is 0 Å². The molecule has 0 bridgehead atoms. The summed E-state index contributed by atoms with van der Waals surface area (Å²) in [6.07, 6.45) is 1.92. The molecule has 0 saturated carbocycles. The first-order chi connectivity index (χ1) is 8.70. The maximum Gasteiger partial charge on any atom is 0.279 e. The maximum absolute atomic E-state index is 12.2. The van der Waals surface area contributed by atoms with Gasteiger partial charge in [-0.25, -0.2) is 4.72 Å². The molecule has 1 aliphatic rings. The van der Waals surface area contributed by atoms with Crippen LogP contribution in [-0.2, 0) is 10.2 Å². The van der Waals surface area contributed by atoms with Crippen molar-refractivity contribution >= 4 is 10.2 Å². The lowest BCUT2D eigenvalue weighted by Gasteiger charge is -2.34. The lowest BCUT2D eigenvalue weighted by atomic mass is 9.94. The topological polar surface area (TPSA) is 75.4 Å². The van der Waals surface area contributed by atoms with E-state index in [4.69, 9.17) is 5.73 Å². The van der Waals surface area contributed by atoms with Gasteiger partial charge < -0.3 is 5.73 Å². The van der Waals surface area contributed by atoms with Gasteiger partial charge in [-0.15, -0.1) is 0 Å². The molecule has 0 amide bonds. The first kappa shape index (κ1) is 16.9. The van der Waals surface area contributed by atoms with Gasteiger partial charge in [0.15, 0.2) is 0 Å². The zero-order valence-corrected chi connectivity index (χ0v) is 13.4. The molecule has 5 nitrogen and oxygen atoms in total. The molecule has 3 unspecified atom stereocenters. The summed E-state index contributed by atoms with van der Waals surface area (Å²) in [7, 11) is -3.38. The van der Waals surface area contributed by atoms with E-state index in [2.05, 4.69) is 32.4 Å². The molecule has 1 rings (SSSR count). The highest BCUT2D eigenvalue weighted by Gasteiger charge is 2.30. The van der Waals surface area contributed by atoms with E-state index >= 15 is 0 Å². The molecule has 0 aromatic heterocycles.